The van der Waals surface area contributed by atoms with E-state index in [1.165, 1.54) is 5.56 Å². The number of nitrogens with zero attached hydrogens (tertiary/aromatic N) is 1. The van der Waals surface area contributed by atoms with Gasteiger partial charge in [-0.15, -0.1) is 0 Å². The van der Waals surface area contributed by atoms with Gasteiger partial charge < -0.3 is 4.42 Å². The lowest BCUT2D eigenvalue weighted by atomic mass is 10.0. The Hall–Kier alpha value is -1.07. The zero-order valence-corrected chi connectivity index (χ0v) is 14.1. The Bertz CT molecular complexity index is 779. The van der Waals surface area contributed by atoms with Gasteiger partial charge >= 0.3 is 0 Å². The minimum atomic E-state index is 0.473. The summed E-state index contributed by atoms with van der Waals surface area (Å²) in [7, 11) is 0. The Morgan fingerprint density at radius 3 is 2.70 bits per heavy atom. The molecule has 0 spiro atoms. The van der Waals surface area contributed by atoms with Crippen LogP contribution in [0.15, 0.2) is 40.8 Å². The molecule has 0 amide bonds. The van der Waals surface area contributed by atoms with Gasteiger partial charge in [0.1, 0.15) is 5.52 Å². The molecule has 2 aromatic carbocycles. The van der Waals surface area contributed by atoms with Crippen LogP contribution < -0.4 is 0 Å². The second-order valence-electron chi connectivity index (χ2n) is 5.03. The number of rotatable bonds is 2. The first kappa shape index (κ1) is 13.9. The summed E-state index contributed by atoms with van der Waals surface area (Å²) in [5.41, 5.74) is 3.76. The normalized spacial score (nSPS) is 11.4. The van der Waals surface area contributed by atoms with Gasteiger partial charge in [0, 0.05) is 3.57 Å². The third-order valence-electron chi connectivity index (χ3n) is 3.24. The molecule has 1 heterocycles. The fourth-order valence-corrected chi connectivity index (χ4v) is 2.77. The monoisotopic (exact) mass is 397 g/mol. The van der Waals surface area contributed by atoms with Gasteiger partial charge in [-0.3, -0.25) is 0 Å². The lowest BCUT2D eigenvalue weighted by Gasteiger charge is -2.02. The molecule has 0 atom stereocenters. The minimum absolute atomic E-state index is 0.473. The number of oxazole rings is 1. The van der Waals surface area contributed by atoms with E-state index < -0.39 is 0 Å². The predicted molar refractivity (Wildman–Crippen MR) is 91.3 cm³/mol. The number of halogens is 2. The van der Waals surface area contributed by atoms with Crippen LogP contribution in [-0.4, -0.2) is 4.98 Å². The molecule has 0 unspecified atom stereocenters. The van der Waals surface area contributed by atoms with Crippen LogP contribution in [0, 0.1) is 3.57 Å². The average molecular weight is 398 g/mol. The summed E-state index contributed by atoms with van der Waals surface area (Å²) >= 11 is 8.49. The van der Waals surface area contributed by atoms with Gasteiger partial charge in [0.05, 0.1) is 10.6 Å². The first-order valence-corrected chi connectivity index (χ1v) is 7.86. The molecule has 1 aromatic heterocycles. The third kappa shape index (κ3) is 2.56. The van der Waals surface area contributed by atoms with Crippen LogP contribution in [0.5, 0.6) is 0 Å². The van der Waals surface area contributed by atoms with Crippen molar-refractivity contribution in [2.75, 3.05) is 0 Å². The highest BCUT2D eigenvalue weighted by atomic mass is 127. The molecule has 0 bridgehead atoms. The quantitative estimate of drug-likeness (QED) is 0.505. The van der Waals surface area contributed by atoms with Crippen molar-refractivity contribution in [3.8, 4) is 11.5 Å². The fourth-order valence-electron chi connectivity index (χ4n) is 2.08. The molecule has 0 aliphatic carbocycles. The molecule has 0 saturated carbocycles. The van der Waals surface area contributed by atoms with Gasteiger partial charge in [0.15, 0.2) is 5.58 Å². The lowest BCUT2D eigenvalue weighted by Crippen LogP contribution is -1.85. The van der Waals surface area contributed by atoms with Gasteiger partial charge in [0.2, 0.25) is 5.89 Å². The van der Waals surface area contributed by atoms with Crippen molar-refractivity contribution in [3.63, 3.8) is 0 Å². The van der Waals surface area contributed by atoms with E-state index in [4.69, 9.17) is 16.0 Å². The maximum absolute atomic E-state index is 6.24. The number of hydrogen-bond acceptors (Lipinski definition) is 2. The molecule has 2 nitrogen and oxygen atoms in total. The Labute approximate surface area is 136 Å². The van der Waals surface area contributed by atoms with Crippen molar-refractivity contribution < 1.29 is 4.42 Å². The summed E-state index contributed by atoms with van der Waals surface area (Å²) in [6.07, 6.45) is 0. The SMILES string of the molecule is CC(C)c1ccc2oc(-c3cc(I)ccc3Cl)nc2c1. The number of benzene rings is 2. The molecule has 0 aliphatic heterocycles. The molecular weight excluding hydrogens is 385 g/mol. The van der Waals surface area contributed by atoms with Crippen LogP contribution in [0.2, 0.25) is 5.02 Å². The summed E-state index contributed by atoms with van der Waals surface area (Å²) in [6, 6.07) is 12.0. The lowest BCUT2D eigenvalue weighted by molar-refractivity contribution is 0.619. The van der Waals surface area contributed by atoms with E-state index in [9.17, 15) is 0 Å². The van der Waals surface area contributed by atoms with Crippen molar-refractivity contribution in [1.82, 2.24) is 4.98 Å². The van der Waals surface area contributed by atoms with Crippen LogP contribution >= 0.6 is 34.2 Å². The zero-order chi connectivity index (χ0) is 14.3. The molecule has 0 fully saturated rings. The Morgan fingerprint density at radius 1 is 1.15 bits per heavy atom. The first-order valence-electron chi connectivity index (χ1n) is 6.40. The van der Waals surface area contributed by atoms with E-state index in [0.717, 1.165) is 20.2 Å². The summed E-state index contributed by atoms with van der Waals surface area (Å²) in [5, 5.41) is 0.654. The summed E-state index contributed by atoms with van der Waals surface area (Å²) in [4.78, 5) is 4.57. The van der Waals surface area contributed by atoms with Crippen molar-refractivity contribution in [1.29, 1.82) is 0 Å². The second kappa shape index (κ2) is 5.37. The van der Waals surface area contributed by atoms with Crippen molar-refractivity contribution >= 4 is 45.3 Å². The predicted octanol–water partition coefficient (Wildman–Crippen LogP) is 5.88. The van der Waals surface area contributed by atoms with Crippen molar-refractivity contribution in [2.24, 2.45) is 0 Å². The van der Waals surface area contributed by atoms with Gasteiger partial charge in [0.25, 0.3) is 0 Å². The van der Waals surface area contributed by atoms with Crippen LogP contribution in [0.25, 0.3) is 22.6 Å². The molecular formula is C16H13ClINO. The van der Waals surface area contributed by atoms with Crippen molar-refractivity contribution in [3.05, 3.63) is 50.6 Å². The molecule has 0 saturated heterocycles. The summed E-state index contributed by atoms with van der Waals surface area (Å²) in [5.74, 6) is 1.05. The number of aromatic nitrogens is 1. The molecule has 3 aromatic rings. The number of fused-ring (bicyclic) bond motifs is 1. The van der Waals surface area contributed by atoms with E-state index in [2.05, 4.69) is 53.6 Å². The molecule has 0 aliphatic rings. The van der Waals surface area contributed by atoms with Crippen LogP contribution in [0.1, 0.15) is 25.3 Å². The Balaban J connectivity index is 2.15. The highest BCUT2D eigenvalue weighted by Crippen LogP contribution is 2.32. The molecule has 20 heavy (non-hydrogen) atoms. The first-order chi connectivity index (χ1) is 9.54. The largest absolute Gasteiger partial charge is 0.436 e. The minimum Gasteiger partial charge on any atom is -0.436 e. The Morgan fingerprint density at radius 2 is 1.95 bits per heavy atom. The van der Waals surface area contributed by atoms with E-state index in [1.54, 1.807) is 0 Å². The van der Waals surface area contributed by atoms with Crippen LogP contribution in [-0.2, 0) is 0 Å². The van der Waals surface area contributed by atoms with Gasteiger partial charge in [-0.1, -0.05) is 31.5 Å². The highest BCUT2D eigenvalue weighted by Gasteiger charge is 2.13. The third-order valence-corrected chi connectivity index (χ3v) is 4.24. The zero-order valence-electron chi connectivity index (χ0n) is 11.2. The van der Waals surface area contributed by atoms with Gasteiger partial charge in [-0.05, 0) is 64.4 Å². The highest BCUT2D eigenvalue weighted by molar-refractivity contribution is 14.1. The molecule has 102 valence electrons. The standard InChI is InChI=1S/C16H13ClINO/c1-9(2)10-3-6-15-14(7-10)19-16(20-15)12-8-11(18)4-5-13(12)17/h3-9H,1-2H3. The number of hydrogen-bond donors (Lipinski definition) is 0. The van der Waals surface area contributed by atoms with Gasteiger partial charge in [-0.2, -0.15) is 0 Å². The molecule has 3 rings (SSSR count). The average Bonchev–Trinajstić information content (AvgIpc) is 2.83. The maximum atomic E-state index is 6.24. The van der Waals surface area contributed by atoms with Crippen LogP contribution in [0.4, 0.5) is 0 Å². The maximum Gasteiger partial charge on any atom is 0.228 e. The molecule has 4 heteroatoms. The smallest absolute Gasteiger partial charge is 0.228 e. The molecule has 0 N–H and O–H groups in total. The van der Waals surface area contributed by atoms with Gasteiger partial charge in [-0.25, -0.2) is 4.98 Å². The second-order valence-corrected chi connectivity index (χ2v) is 6.68. The topological polar surface area (TPSA) is 26.0 Å². The van der Waals surface area contributed by atoms with E-state index >= 15 is 0 Å². The van der Waals surface area contributed by atoms with E-state index in [-0.39, 0.29) is 0 Å². The van der Waals surface area contributed by atoms with E-state index in [0.29, 0.717) is 16.8 Å². The van der Waals surface area contributed by atoms with Crippen LogP contribution in [0.3, 0.4) is 0 Å². The summed E-state index contributed by atoms with van der Waals surface area (Å²) in [6.45, 7) is 4.33. The van der Waals surface area contributed by atoms with E-state index in [1.807, 2.05) is 24.3 Å². The fraction of sp³-hybridized carbons (Fsp3) is 0.188. The summed E-state index contributed by atoms with van der Waals surface area (Å²) < 4.78 is 6.93. The van der Waals surface area contributed by atoms with Crippen molar-refractivity contribution in [2.45, 2.75) is 19.8 Å². The Kier molecular flexibility index (Phi) is 3.73. The molecule has 0 radical (unpaired) electrons.